The van der Waals surface area contributed by atoms with Gasteiger partial charge in [-0.2, -0.15) is 4.31 Å². The molecule has 0 atom stereocenters. The Balaban J connectivity index is 1.51. The molecule has 1 fully saturated rings. The zero-order valence-electron chi connectivity index (χ0n) is 16.4. The van der Waals surface area contributed by atoms with E-state index in [2.05, 4.69) is 10.5 Å². The van der Waals surface area contributed by atoms with Crippen LogP contribution < -0.4 is 5.32 Å². The highest BCUT2D eigenvalue weighted by molar-refractivity contribution is 7.89. The quantitative estimate of drug-likeness (QED) is 0.775. The molecule has 0 unspecified atom stereocenters. The molecule has 2 aromatic rings. The van der Waals surface area contributed by atoms with E-state index in [1.807, 2.05) is 36.1 Å². The third kappa shape index (κ3) is 4.43. The molecule has 3 rings (SSSR count). The summed E-state index contributed by atoms with van der Waals surface area (Å²) in [5.74, 6) is 0.237. The number of rotatable bonds is 6. The minimum absolute atomic E-state index is 0.0646. The van der Waals surface area contributed by atoms with E-state index >= 15 is 0 Å². The smallest absolute Gasteiger partial charge is 0.248 e. The van der Waals surface area contributed by atoms with Gasteiger partial charge in [-0.05, 0) is 31.9 Å². The van der Waals surface area contributed by atoms with Crippen molar-refractivity contribution in [2.24, 2.45) is 0 Å². The zero-order valence-corrected chi connectivity index (χ0v) is 17.3. The van der Waals surface area contributed by atoms with Crippen LogP contribution in [-0.4, -0.2) is 61.4 Å². The number of nitrogens with zero attached hydrogens (tertiary/aromatic N) is 3. The fourth-order valence-electron chi connectivity index (χ4n) is 3.36. The van der Waals surface area contributed by atoms with Gasteiger partial charge in [0, 0.05) is 32.7 Å². The Morgan fingerprint density at radius 1 is 1.14 bits per heavy atom. The Bertz CT molecular complexity index is 927. The molecule has 28 heavy (non-hydrogen) atoms. The number of hydrogen-bond acceptors (Lipinski definition) is 6. The van der Waals surface area contributed by atoms with Crippen molar-refractivity contribution in [1.82, 2.24) is 19.7 Å². The number of nitrogens with one attached hydrogen (secondary N) is 1. The molecule has 8 nitrogen and oxygen atoms in total. The Morgan fingerprint density at radius 3 is 2.43 bits per heavy atom. The van der Waals surface area contributed by atoms with E-state index in [0.29, 0.717) is 44.2 Å². The Morgan fingerprint density at radius 2 is 1.82 bits per heavy atom. The molecule has 0 saturated carbocycles. The average Bonchev–Trinajstić information content (AvgIpc) is 3.00. The monoisotopic (exact) mass is 406 g/mol. The number of aromatic nitrogens is 1. The minimum atomic E-state index is -3.63. The van der Waals surface area contributed by atoms with E-state index in [9.17, 15) is 13.2 Å². The van der Waals surface area contributed by atoms with Crippen LogP contribution >= 0.6 is 0 Å². The number of aryl methyl sites for hydroxylation is 3. The van der Waals surface area contributed by atoms with E-state index in [1.165, 1.54) is 4.31 Å². The van der Waals surface area contributed by atoms with Crippen molar-refractivity contribution in [2.75, 3.05) is 32.7 Å². The van der Waals surface area contributed by atoms with E-state index in [4.69, 9.17) is 4.52 Å². The lowest BCUT2D eigenvalue weighted by Crippen LogP contribution is -2.51. The average molecular weight is 407 g/mol. The van der Waals surface area contributed by atoms with Crippen LogP contribution in [0.5, 0.6) is 0 Å². The summed E-state index contributed by atoms with van der Waals surface area (Å²) in [7, 11) is -3.63. The lowest BCUT2D eigenvalue weighted by molar-refractivity contribution is -0.122. The second-order valence-corrected chi connectivity index (χ2v) is 8.91. The molecule has 1 N–H and O–H groups in total. The molecule has 1 amide bonds. The lowest BCUT2D eigenvalue weighted by atomic mass is 10.1. The molecule has 1 saturated heterocycles. The van der Waals surface area contributed by atoms with Crippen LogP contribution in [0, 0.1) is 20.8 Å². The summed E-state index contributed by atoms with van der Waals surface area (Å²) in [6.07, 6.45) is 0. The molecule has 0 bridgehead atoms. The van der Waals surface area contributed by atoms with Crippen LogP contribution in [-0.2, 0) is 21.4 Å². The molecule has 0 spiro atoms. The molecular weight excluding hydrogens is 380 g/mol. The SMILES string of the molecule is Cc1ccccc1CNC(=O)CN1CCN(S(=O)(=O)c2c(C)noc2C)CC1. The van der Waals surface area contributed by atoms with Gasteiger partial charge in [0.25, 0.3) is 0 Å². The third-order valence-electron chi connectivity index (χ3n) is 5.00. The largest absolute Gasteiger partial charge is 0.360 e. The summed E-state index contributed by atoms with van der Waals surface area (Å²) in [6, 6.07) is 7.93. The van der Waals surface area contributed by atoms with Gasteiger partial charge in [0.2, 0.25) is 15.9 Å². The van der Waals surface area contributed by atoms with Crippen molar-refractivity contribution in [3.05, 3.63) is 46.8 Å². The first-order valence-corrected chi connectivity index (χ1v) is 10.7. The van der Waals surface area contributed by atoms with Gasteiger partial charge in [-0.15, -0.1) is 0 Å². The normalized spacial score (nSPS) is 16.2. The first-order valence-electron chi connectivity index (χ1n) is 9.25. The molecule has 1 aromatic heterocycles. The predicted molar refractivity (Wildman–Crippen MR) is 104 cm³/mol. The van der Waals surface area contributed by atoms with Crippen LogP contribution in [0.4, 0.5) is 0 Å². The van der Waals surface area contributed by atoms with E-state index in [0.717, 1.165) is 11.1 Å². The standard InChI is InChI=1S/C19H26N4O4S/c1-14-6-4-5-7-17(14)12-20-18(24)13-22-8-10-23(11-9-22)28(25,26)19-15(2)21-27-16(19)3/h4-7H,8-13H2,1-3H3,(H,20,24). The maximum Gasteiger partial charge on any atom is 0.248 e. The minimum Gasteiger partial charge on any atom is -0.360 e. The van der Waals surface area contributed by atoms with Gasteiger partial charge < -0.3 is 9.84 Å². The van der Waals surface area contributed by atoms with Crippen molar-refractivity contribution in [3.8, 4) is 0 Å². The van der Waals surface area contributed by atoms with Crippen molar-refractivity contribution in [1.29, 1.82) is 0 Å². The molecule has 0 aliphatic carbocycles. The first-order chi connectivity index (χ1) is 13.3. The van der Waals surface area contributed by atoms with Crippen LogP contribution in [0.15, 0.2) is 33.7 Å². The lowest BCUT2D eigenvalue weighted by Gasteiger charge is -2.33. The van der Waals surface area contributed by atoms with Gasteiger partial charge >= 0.3 is 0 Å². The maximum absolute atomic E-state index is 12.8. The van der Waals surface area contributed by atoms with Gasteiger partial charge in [-0.25, -0.2) is 8.42 Å². The molecule has 1 aliphatic heterocycles. The number of piperazine rings is 1. The topological polar surface area (TPSA) is 95.8 Å². The number of carbonyl (C=O) groups is 1. The zero-order chi connectivity index (χ0) is 20.3. The molecule has 1 aromatic carbocycles. The number of carbonyl (C=O) groups excluding carboxylic acids is 1. The van der Waals surface area contributed by atoms with Gasteiger partial charge in [-0.3, -0.25) is 9.69 Å². The number of sulfonamides is 1. The van der Waals surface area contributed by atoms with Crippen molar-refractivity contribution in [2.45, 2.75) is 32.2 Å². The fraction of sp³-hybridized carbons (Fsp3) is 0.474. The highest BCUT2D eigenvalue weighted by Gasteiger charge is 2.33. The molecule has 152 valence electrons. The van der Waals surface area contributed by atoms with Crippen molar-refractivity contribution in [3.63, 3.8) is 0 Å². The van der Waals surface area contributed by atoms with Crippen LogP contribution in [0.1, 0.15) is 22.6 Å². The number of benzene rings is 1. The Hall–Kier alpha value is -2.23. The molecule has 9 heteroatoms. The molecular formula is C19H26N4O4S. The molecule has 2 heterocycles. The van der Waals surface area contributed by atoms with E-state index in [-0.39, 0.29) is 17.3 Å². The fourth-order valence-corrected chi connectivity index (χ4v) is 5.07. The second-order valence-electron chi connectivity index (χ2n) is 7.04. The first kappa shape index (κ1) is 20.5. The highest BCUT2D eigenvalue weighted by atomic mass is 32.2. The summed E-state index contributed by atoms with van der Waals surface area (Å²) in [4.78, 5) is 14.4. The number of amides is 1. The van der Waals surface area contributed by atoms with Gasteiger partial charge in [-0.1, -0.05) is 29.4 Å². The van der Waals surface area contributed by atoms with Crippen molar-refractivity contribution < 1.29 is 17.7 Å². The predicted octanol–water partition coefficient (Wildman–Crippen LogP) is 1.22. The Labute approximate surface area is 165 Å². The summed E-state index contributed by atoms with van der Waals surface area (Å²) in [6.45, 7) is 7.65. The molecule has 0 radical (unpaired) electrons. The maximum atomic E-state index is 12.8. The third-order valence-corrected chi connectivity index (χ3v) is 7.15. The van der Waals surface area contributed by atoms with Crippen LogP contribution in [0.2, 0.25) is 0 Å². The number of hydrogen-bond donors (Lipinski definition) is 1. The van der Waals surface area contributed by atoms with E-state index in [1.54, 1.807) is 13.8 Å². The van der Waals surface area contributed by atoms with Gasteiger partial charge in [0.1, 0.15) is 10.6 Å². The van der Waals surface area contributed by atoms with Gasteiger partial charge in [0.05, 0.1) is 6.54 Å². The second kappa shape index (κ2) is 8.42. The van der Waals surface area contributed by atoms with E-state index < -0.39 is 10.0 Å². The van der Waals surface area contributed by atoms with Crippen LogP contribution in [0.3, 0.4) is 0 Å². The van der Waals surface area contributed by atoms with Crippen LogP contribution in [0.25, 0.3) is 0 Å². The summed E-state index contributed by atoms with van der Waals surface area (Å²) in [5, 5.41) is 6.67. The Kier molecular flexibility index (Phi) is 6.17. The summed E-state index contributed by atoms with van der Waals surface area (Å²) in [5.41, 5.74) is 2.60. The van der Waals surface area contributed by atoms with Crippen molar-refractivity contribution >= 4 is 15.9 Å². The molecule has 1 aliphatic rings. The highest BCUT2D eigenvalue weighted by Crippen LogP contribution is 2.24. The summed E-state index contributed by atoms with van der Waals surface area (Å²) >= 11 is 0. The van der Waals surface area contributed by atoms with Gasteiger partial charge in [0.15, 0.2) is 5.76 Å². The summed E-state index contributed by atoms with van der Waals surface area (Å²) < 4.78 is 32.1.